The van der Waals surface area contributed by atoms with Gasteiger partial charge in [0.15, 0.2) is 0 Å². The lowest BCUT2D eigenvalue weighted by Gasteiger charge is -2.48. The van der Waals surface area contributed by atoms with Gasteiger partial charge in [-0.05, 0) is 51.0 Å². The summed E-state index contributed by atoms with van der Waals surface area (Å²) < 4.78 is 11.6. The number of hydrogen-bond acceptors (Lipinski definition) is 4. The van der Waals surface area contributed by atoms with Crippen LogP contribution in [0.5, 0.6) is 0 Å². The Morgan fingerprint density at radius 3 is 2.79 bits per heavy atom. The molecule has 3 rings (SSSR count). The van der Waals surface area contributed by atoms with Gasteiger partial charge < -0.3 is 14.6 Å². The minimum absolute atomic E-state index is 0.0906. The second kappa shape index (κ2) is 6.08. The van der Waals surface area contributed by atoms with E-state index >= 15 is 0 Å². The average Bonchev–Trinajstić information content (AvgIpc) is 2.48. The zero-order valence-electron chi connectivity index (χ0n) is 11.9. The summed E-state index contributed by atoms with van der Waals surface area (Å²) in [6.45, 7) is 5.23. The van der Waals surface area contributed by atoms with Crippen molar-refractivity contribution in [1.29, 1.82) is 0 Å². The Kier molecular flexibility index (Phi) is 4.42. The van der Waals surface area contributed by atoms with Crippen LogP contribution >= 0.6 is 0 Å². The number of likely N-dealkylation sites (tertiary alicyclic amines) is 1. The van der Waals surface area contributed by atoms with Gasteiger partial charge in [-0.2, -0.15) is 0 Å². The Labute approximate surface area is 116 Å². The van der Waals surface area contributed by atoms with Crippen molar-refractivity contribution in [3.05, 3.63) is 0 Å². The molecule has 3 fully saturated rings. The highest BCUT2D eigenvalue weighted by Gasteiger charge is 2.41. The van der Waals surface area contributed by atoms with Crippen molar-refractivity contribution in [3.8, 4) is 0 Å². The van der Waals surface area contributed by atoms with Gasteiger partial charge in [-0.1, -0.05) is 0 Å². The van der Waals surface area contributed by atoms with Crippen molar-refractivity contribution in [2.24, 2.45) is 5.92 Å². The van der Waals surface area contributed by atoms with Crippen LogP contribution in [-0.4, -0.2) is 61.2 Å². The molecule has 3 aliphatic rings. The number of ether oxygens (including phenoxy) is 2. The quantitative estimate of drug-likeness (QED) is 0.823. The van der Waals surface area contributed by atoms with Gasteiger partial charge in [-0.3, -0.25) is 4.90 Å². The number of piperidine rings is 1. The number of hydrogen-bond donors (Lipinski definition) is 1. The van der Waals surface area contributed by atoms with Crippen molar-refractivity contribution in [2.75, 3.05) is 39.5 Å². The summed E-state index contributed by atoms with van der Waals surface area (Å²) in [6, 6.07) is 0.654. The summed E-state index contributed by atoms with van der Waals surface area (Å²) in [6.07, 6.45) is 6.85. The van der Waals surface area contributed by atoms with Crippen LogP contribution in [0.25, 0.3) is 0 Å². The Bertz CT molecular complexity index is 286. The highest BCUT2D eigenvalue weighted by atomic mass is 16.5. The van der Waals surface area contributed by atoms with E-state index in [-0.39, 0.29) is 5.60 Å². The topological polar surface area (TPSA) is 41.9 Å². The van der Waals surface area contributed by atoms with Gasteiger partial charge >= 0.3 is 0 Å². The van der Waals surface area contributed by atoms with Gasteiger partial charge in [-0.25, -0.2) is 0 Å². The molecule has 0 aliphatic carbocycles. The molecule has 3 aliphatic heterocycles. The molecule has 2 atom stereocenters. The lowest BCUT2D eigenvalue weighted by atomic mass is 9.82. The van der Waals surface area contributed by atoms with Crippen molar-refractivity contribution in [3.63, 3.8) is 0 Å². The molecule has 110 valence electrons. The molecule has 0 aromatic heterocycles. The first-order chi connectivity index (χ1) is 9.31. The average molecular weight is 269 g/mol. The third kappa shape index (κ3) is 3.13. The van der Waals surface area contributed by atoms with Crippen LogP contribution in [0.4, 0.5) is 0 Å². The first kappa shape index (κ1) is 13.8. The zero-order valence-corrected chi connectivity index (χ0v) is 11.9. The molecule has 0 aromatic carbocycles. The third-order valence-electron chi connectivity index (χ3n) is 5.20. The molecule has 4 heteroatoms. The van der Waals surface area contributed by atoms with E-state index in [1.807, 2.05) is 0 Å². The second-order valence-corrected chi connectivity index (χ2v) is 6.48. The molecule has 19 heavy (non-hydrogen) atoms. The fourth-order valence-corrected chi connectivity index (χ4v) is 3.98. The van der Waals surface area contributed by atoms with Crippen LogP contribution in [0.3, 0.4) is 0 Å². The van der Waals surface area contributed by atoms with E-state index in [0.29, 0.717) is 18.6 Å². The van der Waals surface area contributed by atoms with E-state index in [1.165, 1.54) is 19.4 Å². The van der Waals surface area contributed by atoms with E-state index in [4.69, 9.17) is 9.47 Å². The van der Waals surface area contributed by atoms with Crippen molar-refractivity contribution >= 4 is 0 Å². The molecule has 0 saturated carbocycles. The zero-order chi connectivity index (χ0) is 13.1. The fraction of sp³-hybridized carbons (Fsp3) is 1.00. The predicted octanol–water partition coefficient (Wildman–Crippen LogP) is 1.42. The molecule has 0 bridgehead atoms. The SMILES string of the molecule is OCC1CCCN(C2CCOC3(CCOCC3)C2)C1. The molecule has 1 N–H and O–H groups in total. The molecular weight excluding hydrogens is 242 g/mol. The van der Waals surface area contributed by atoms with Crippen molar-refractivity contribution in [1.82, 2.24) is 4.90 Å². The Morgan fingerprint density at radius 1 is 1.16 bits per heavy atom. The first-order valence-corrected chi connectivity index (χ1v) is 7.88. The molecule has 0 radical (unpaired) electrons. The predicted molar refractivity (Wildman–Crippen MR) is 73.1 cm³/mol. The molecule has 4 nitrogen and oxygen atoms in total. The smallest absolute Gasteiger partial charge is 0.0741 e. The summed E-state index contributed by atoms with van der Waals surface area (Å²) in [5.41, 5.74) is 0.0906. The lowest BCUT2D eigenvalue weighted by Crippen LogP contribution is -2.53. The van der Waals surface area contributed by atoms with Gasteiger partial charge in [0.25, 0.3) is 0 Å². The van der Waals surface area contributed by atoms with Gasteiger partial charge in [0.05, 0.1) is 5.60 Å². The molecule has 3 saturated heterocycles. The monoisotopic (exact) mass is 269 g/mol. The standard InChI is InChI=1S/C15H27NO3/c17-12-13-2-1-6-16(11-13)14-3-7-19-15(10-14)4-8-18-9-5-15/h13-14,17H,1-12H2. The Balaban J connectivity index is 1.61. The maximum Gasteiger partial charge on any atom is 0.0741 e. The molecule has 0 amide bonds. The minimum Gasteiger partial charge on any atom is -0.396 e. The van der Waals surface area contributed by atoms with Crippen molar-refractivity contribution in [2.45, 2.75) is 50.2 Å². The summed E-state index contributed by atoms with van der Waals surface area (Å²) in [5.74, 6) is 0.488. The molecule has 3 heterocycles. The lowest BCUT2D eigenvalue weighted by molar-refractivity contribution is -0.153. The third-order valence-corrected chi connectivity index (χ3v) is 5.20. The fourth-order valence-electron chi connectivity index (χ4n) is 3.98. The van der Waals surface area contributed by atoms with Crippen molar-refractivity contribution < 1.29 is 14.6 Å². The van der Waals surface area contributed by atoms with Gasteiger partial charge in [0, 0.05) is 39.0 Å². The number of rotatable bonds is 2. The van der Waals surface area contributed by atoms with Crippen LogP contribution in [0.1, 0.15) is 38.5 Å². The second-order valence-electron chi connectivity index (χ2n) is 6.48. The molecule has 0 aromatic rings. The van der Waals surface area contributed by atoms with Crippen LogP contribution in [0.2, 0.25) is 0 Å². The minimum atomic E-state index is 0.0906. The van der Waals surface area contributed by atoms with Crippen LogP contribution in [0.15, 0.2) is 0 Å². The van der Waals surface area contributed by atoms with E-state index in [0.717, 1.165) is 52.0 Å². The Hall–Kier alpha value is -0.160. The highest BCUT2D eigenvalue weighted by Crippen LogP contribution is 2.37. The molecule has 1 spiro atoms. The van der Waals surface area contributed by atoms with Gasteiger partial charge in [0.2, 0.25) is 0 Å². The summed E-state index contributed by atoms with van der Waals surface area (Å²) >= 11 is 0. The first-order valence-electron chi connectivity index (χ1n) is 7.88. The largest absolute Gasteiger partial charge is 0.396 e. The van der Waals surface area contributed by atoms with Crippen LogP contribution < -0.4 is 0 Å². The van der Waals surface area contributed by atoms with Gasteiger partial charge in [0.1, 0.15) is 0 Å². The highest BCUT2D eigenvalue weighted by molar-refractivity contribution is 4.93. The van der Waals surface area contributed by atoms with Crippen LogP contribution in [-0.2, 0) is 9.47 Å². The number of aliphatic hydroxyl groups excluding tert-OH is 1. The summed E-state index contributed by atoms with van der Waals surface area (Å²) in [4.78, 5) is 2.62. The van der Waals surface area contributed by atoms with Gasteiger partial charge in [-0.15, -0.1) is 0 Å². The van der Waals surface area contributed by atoms with Crippen LogP contribution in [0, 0.1) is 5.92 Å². The normalized spacial score (nSPS) is 36.5. The number of aliphatic hydroxyl groups is 1. The molecular formula is C15H27NO3. The van der Waals surface area contributed by atoms with E-state index < -0.39 is 0 Å². The maximum absolute atomic E-state index is 9.38. The molecule has 2 unspecified atom stereocenters. The summed E-state index contributed by atoms with van der Waals surface area (Å²) in [7, 11) is 0. The van der Waals surface area contributed by atoms with E-state index in [2.05, 4.69) is 4.90 Å². The van der Waals surface area contributed by atoms with E-state index in [1.54, 1.807) is 0 Å². The maximum atomic E-state index is 9.38. The number of nitrogens with zero attached hydrogens (tertiary/aromatic N) is 1. The Morgan fingerprint density at radius 2 is 2.00 bits per heavy atom. The summed E-state index contributed by atoms with van der Waals surface area (Å²) in [5, 5.41) is 9.38. The van der Waals surface area contributed by atoms with E-state index in [9.17, 15) is 5.11 Å².